The summed E-state index contributed by atoms with van der Waals surface area (Å²) in [5, 5.41) is 25.2. The van der Waals surface area contributed by atoms with E-state index in [1.54, 1.807) is 0 Å². The van der Waals surface area contributed by atoms with E-state index in [0.717, 1.165) is 12.3 Å². The van der Waals surface area contributed by atoms with Crippen LogP contribution in [0, 0.1) is 16.7 Å². The highest BCUT2D eigenvalue weighted by Crippen LogP contribution is 2.65. The van der Waals surface area contributed by atoms with Crippen molar-refractivity contribution in [3.63, 3.8) is 0 Å². The van der Waals surface area contributed by atoms with E-state index in [2.05, 4.69) is 20.8 Å². The molecule has 2 bridgehead atoms. The molecule has 3 N–H and O–H groups in total. The predicted molar refractivity (Wildman–Crippen MR) is 65.1 cm³/mol. The molecule has 0 amide bonds. The molecule has 5 nitrogen and oxygen atoms in total. The number of aliphatic hydroxyl groups is 1. The zero-order valence-corrected chi connectivity index (χ0v) is 11.1. The van der Waals surface area contributed by atoms with E-state index in [-0.39, 0.29) is 11.5 Å². The van der Waals surface area contributed by atoms with Gasteiger partial charge >= 0.3 is 11.9 Å². The molecule has 0 aromatic heterocycles. The summed E-state index contributed by atoms with van der Waals surface area (Å²) in [6.45, 7) is 6.90. The predicted octanol–water partition coefficient (Wildman–Crippen LogP) is 1.74. The summed E-state index contributed by atoms with van der Waals surface area (Å²) in [5.41, 5.74) is 0.601. The lowest BCUT2D eigenvalue weighted by Gasteiger charge is -2.36. The molecule has 0 spiro atoms. The molecule has 3 unspecified atom stereocenters. The fraction of sp³-hybridized carbons (Fsp3) is 0.846. The van der Waals surface area contributed by atoms with Crippen molar-refractivity contribution in [1.82, 2.24) is 0 Å². The number of hydrogen-bond acceptors (Lipinski definition) is 3. The average Bonchev–Trinajstić information content (AvgIpc) is 2.49. The van der Waals surface area contributed by atoms with Gasteiger partial charge in [-0.25, -0.2) is 0 Å². The van der Waals surface area contributed by atoms with E-state index in [9.17, 15) is 14.7 Å². The zero-order chi connectivity index (χ0) is 14.1. The second kappa shape index (κ2) is 4.88. The molecule has 18 heavy (non-hydrogen) atoms. The Morgan fingerprint density at radius 3 is 1.78 bits per heavy atom. The minimum absolute atomic E-state index is 0.0313. The van der Waals surface area contributed by atoms with Crippen molar-refractivity contribution < 1.29 is 24.9 Å². The largest absolute Gasteiger partial charge is 0.481 e. The first-order valence-electron chi connectivity index (χ1n) is 6.23. The number of carboxylic acid groups (broad SMARTS) is 2. The summed E-state index contributed by atoms with van der Waals surface area (Å²) in [5.74, 6) is -1.84. The fourth-order valence-corrected chi connectivity index (χ4v) is 3.29. The third-order valence-electron chi connectivity index (χ3n) is 5.05. The summed E-state index contributed by atoms with van der Waals surface area (Å²) in [6, 6.07) is 0. The highest BCUT2D eigenvalue weighted by atomic mass is 16.4. The second-order valence-electron chi connectivity index (χ2n) is 6.09. The maximum absolute atomic E-state index is 9.81. The van der Waals surface area contributed by atoms with Gasteiger partial charge < -0.3 is 15.3 Å². The molecule has 2 aliphatic rings. The van der Waals surface area contributed by atoms with Crippen molar-refractivity contribution in [3.8, 4) is 0 Å². The lowest BCUT2D eigenvalue weighted by Crippen LogP contribution is -2.35. The number of aliphatic carboxylic acids is 2. The number of hydrogen-bond donors (Lipinski definition) is 3. The third-order valence-corrected chi connectivity index (χ3v) is 5.05. The van der Waals surface area contributed by atoms with Crippen molar-refractivity contribution in [3.05, 3.63) is 0 Å². The average molecular weight is 258 g/mol. The Morgan fingerprint density at radius 2 is 1.67 bits per heavy atom. The van der Waals surface area contributed by atoms with Gasteiger partial charge in [-0.1, -0.05) is 20.8 Å². The summed E-state index contributed by atoms with van der Waals surface area (Å²) < 4.78 is 0. The van der Waals surface area contributed by atoms with Gasteiger partial charge in [-0.15, -0.1) is 0 Å². The minimum atomic E-state index is -1.31. The first-order valence-corrected chi connectivity index (χ1v) is 6.23. The summed E-state index contributed by atoms with van der Waals surface area (Å²) in [6.07, 6.45) is 2.77. The third kappa shape index (κ3) is 2.51. The molecule has 0 aromatic rings. The van der Waals surface area contributed by atoms with Crippen molar-refractivity contribution in [2.24, 2.45) is 16.7 Å². The number of carbonyl (C=O) groups is 2. The molecule has 2 aliphatic carbocycles. The van der Waals surface area contributed by atoms with Crippen LogP contribution in [-0.4, -0.2) is 33.4 Å². The lowest BCUT2D eigenvalue weighted by atomic mass is 9.70. The summed E-state index contributed by atoms with van der Waals surface area (Å²) >= 11 is 0. The normalized spacial score (nSPS) is 35.8. The minimum Gasteiger partial charge on any atom is -0.481 e. The van der Waals surface area contributed by atoms with E-state index < -0.39 is 18.4 Å². The van der Waals surface area contributed by atoms with Crippen LogP contribution in [0.1, 0.15) is 46.5 Å². The molecule has 0 radical (unpaired) electrons. The van der Waals surface area contributed by atoms with Crippen molar-refractivity contribution >= 4 is 11.9 Å². The number of fused-ring (bicyclic) bond motifs is 2. The monoisotopic (exact) mass is 258 g/mol. The Bertz CT molecular complexity index is 337. The second-order valence-corrected chi connectivity index (χ2v) is 6.09. The molecule has 0 heterocycles. The zero-order valence-electron chi connectivity index (χ0n) is 11.1. The molecule has 2 saturated carbocycles. The summed E-state index contributed by atoms with van der Waals surface area (Å²) in [7, 11) is 0. The van der Waals surface area contributed by atoms with Crippen LogP contribution >= 0.6 is 0 Å². The van der Waals surface area contributed by atoms with E-state index >= 15 is 0 Å². The van der Waals surface area contributed by atoms with Gasteiger partial charge in [0, 0.05) is 0 Å². The molecule has 5 heteroatoms. The van der Waals surface area contributed by atoms with Gasteiger partial charge in [0.05, 0.1) is 6.10 Å². The number of aliphatic hydroxyl groups excluding tert-OH is 1. The van der Waals surface area contributed by atoms with Crippen molar-refractivity contribution in [2.45, 2.75) is 52.6 Å². The molecule has 0 saturated heterocycles. The van der Waals surface area contributed by atoms with Crippen molar-refractivity contribution in [1.29, 1.82) is 0 Å². The molecule has 0 aliphatic heterocycles. The number of rotatable bonds is 2. The molecule has 2 fully saturated rings. The Kier molecular flexibility index (Phi) is 4.05. The highest BCUT2D eigenvalue weighted by Gasteiger charge is 2.60. The van der Waals surface area contributed by atoms with E-state index in [1.807, 2.05) is 0 Å². The van der Waals surface area contributed by atoms with Crippen LogP contribution in [0.15, 0.2) is 0 Å². The highest BCUT2D eigenvalue weighted by molar-refractivity contribution is 5.88. The van der Waals surface area contributed by atoms with Crippen LogP contribution in [-0.2, 0) is 9.59 Å². The Morgan fingerprint density at radius 1 is 1.17 bits per heavy atom. The SMILES string of the molecule is CC1(C)C2CCC1(C)C(O)C2.O=C(O)CC(=O)O. The molecule has 104 valence electrons. The first kappa shape index (κ1) is 15.0. The lowest BCUT2D eigenvalue weighted by molar-refractivity contribution is -0.147. The first-order chi connectivity index (χ1) is 8.11. The standard InChI is InChI=1S/C10H18O.C3H4O4/c1-9(2)7-4-5-10(9,3)8(11)6-7;4-2(5)1-3(6)7/h7-8,11H,4-6H2,1-3H3;1H2,(H,4,5)(H,6,7). The van der Waals surface area contributed by atoms with E-state index in [4.69, 9.17) is 10.2 Å². The molecular formula is C13H22O5. The van der Waals surface area contributed by atoms with Crippen LogP contribution < -0.4 is 0 Å². The van der Waals surface area contributed by atoms with Gasteiger partial charge in [0.2, 0.25) is 0 Å². The van der Waals surface area contributed by atoms with Gasteiger partial charge in [0.15, 0.2) is 0 Å². The van der Waals surface area contributed by atoms with Gasteiger partial charge in [-0.05, 0) is 36.0 Å². The quantitative estimate of drug-likeness (QED) is 0.656. The van der Waals surface area contributed by atoms with Crippen LogP contribution in [0.3, 0.4) is 0 Å². The maximum atomic E-state index is 9.81. The molecule has 2 rings (SSSR count). The van der Waals surface area contributed by atoms with Crippen molar-refractivity contribution in [2.75, 3.05) is 0 Å². The van der Waals surface area contributed by atoms with Gasteiger partial charge in [-0.2, -0.15) is 0 Å². The van der Waals surface area contributed by atoms with Gasteiger partial charge in [-0.3, -0.25) is 9.59 Å². The van der Waals surface area contributed by atoms with Gasteiger partial charge in [0.1, 0.15) is 6.42 Å². The maximum Gasteiger partial charge on any atom is 0.314 e. The molecule has 3 atom stereocenters. The fourth-order valence-electron chi connectivity index (χ4n) is 3.29. The topological polar surface area (TPSA) is 94.8 Å². The van der Waals surface area contributed by atoms with Crippen LogP contribution in [0.25, 0.3) is 0 Å². The van der Waals surface area contributed by atoms with Gasteiger partial charge in [0.25, 0.3) is 0 Å². The molecule has 0 aromatic carbocycles. The molecular weight excluding hydrogens is 236 g/mol. The van der Waals surface area contributed by atoms with E-state index in [0.29, 0.717) is 5.41 Å². The summed E-state index contributed by atoms with van der Waals surface area (Å²) in [4.78, 5) is 18.9. The van der Waals surface area contributed by atoms with E-state index in [1.165, 1.54) is 12.8 Å². The van der Waals surface area contributed by atoms with Crippen LogP contribution in [0.4, 0.5) is 0 Å². The Hall–Kier alpha value is -1.10. The van der Waals surface area contributed by atoms with Crippen LogP contribution in [0.2, 0.25) is 0 Å². The number of carboxylic acids is 2. The smallest absolute Gasteiger partial charge is 0.314 e. The Labute approximate surface area is 107 Å². The Balaban J connectivity index is 0.000000203. The van der Waals surface area contributed by atoms with Crippen LogP contribution in [0.5, 0.6) is 0 Å².